The van der Waals surface area contributed by atoms with Crippen LogP contribution in [-0.2, 0) is 19.1 Å². The van der Waals surface area contributed by atoms with Gasteiger partial charge in [-0.15, -0.1) is 18.3 Å². The Balaban J connectivity index is 1.47. The quantitative estimate of drug-likeness (QED) is 0.202. The Bertz CT molecular complexity index is 1160. The van der Waals surface area contributed by atoms with E-state index in [1.807, 2.05) is 13.0 Å². The number of ketones is 1. The lowest BCUT2D eigenvalue weighted by Crippen LogP contribution is -2.50. The van der Waals surface area contributed by atoms with Crippen LogP contribution in [0.3, 0.4) is 0 Å². The van der Waals surface area contributed by atoms with Crippen LogP contribution in [0.1, 0.15) is 85.5 Å². The van der Waals surface area contributed by atoms with Crippen molar-refractivity contribution in [3.63, 3.8) is 0 Å². The molecule has 1 saturated heterocycles. The lowest BCUT2D eigenvalue weighted by molar-refractivity contribution is -0.166. The van der Waals surface area contributed by atoms with Gasteiger partial charge in [-0.1, -0.05) is 40.2 Å². The summed E-state index contributed by atoms with van der Waals surface area (Å²) in [5.41, 5.74) is -0.625. The summed E-state index contributed by atoms with van der Waals surface area (Å²) in [6.07, 6.45) is 11.7. The summed E-state index contributed by atoms with van der Waals surface area (Å²) in [7, 11) is 0. The monoisotopic (exact) mass is 613 g/mol. The molecule has 2 N–H and O–H groups in total. The zero-order valence-corrected chi connectivity index (χ0v) is 27.3. The molecule has 1 amide bonds. The minimum Gasteiger partial charge on any atom is -0.461 e. The number of carbonyl (C=O) groups is 3. The van der Waals surface area contributed by atoms with E-state index >= 15 is 0 Å². The van der Waals surface area contributed by atoms with Gasteiger partial charge in [-0.05, 0) is 75.9 Å². The number of aliphatic hydroxyl groups is 1. The molecule has 2 heterocycles. The number of piperidine rings is 1. The van der Waals surface area contributed by atoms with Crippen molar-refractivity contribution in [3.05, 3.63) is 31.1 Å². The summed E-state index contributed by atoms with van der Waals surface area (Å²) in [5.74, 6) is -0.116. The molecule has 2 unspecified atom stereocenters. The Kier molecular flexibility index (Phi) is 11.5. The Morgan fingerprint density at radius 3 is 2.58 bits per heavy atom. The van der Waals surface area contributed by atoms with Crippen LogP contribution >= 0.6 is 11.8 Å². The summed E-state index contributed by atoms with van der Waals surface area (Å²) in [5, 5.41) is 14.3. The van der Waals surface area contributed by atoms with Gasteiger partial charge in [-0.25, -0.2) is 0 Å². The highest BCUT2D eigenvalue weighted by Gasteiger charge is 2.54. The van der Waals surface area contributed by atoms with Crippen LogP contribution in [0, 0.1) is 28.6 Å². The molecule has 8 nitrogen and oxygen atoms in total. The number of Topliss-reactive ketones (excluding diaryl/α,β-unsaturated/α-hetero) is 1. The van der Waals surface area contributed by atoms with Crippen molar-refractivity contribution in [3.8, 4) is 0 Å². The van der Waals surface area contributed by atoms with Crippen molar-refractivity contribution in [1.82, 2.24) is 9.88 Å². The molecule has 1 aromatic heterocycles. The largest absolute Gasteiger partial charge is 0.461 e. The first-order valence-electron chi connectivity index (χ1n) is 16.1. The Hall–Kier alpha value is -2.23. The van der Waals surface area contributed by atoms with Gasteiger partial charge in [0, 0.05) is 34.3 Å². The van der Waals surface area contributed by atoms with Gasteiger partial charge in [-0.3, -0.25) is 24.3 Å². The van der Waals surface area contributed by atoms with Crippen LogP contribution in [0.15, 0.2) is 36.0 Å². The molecular formula is C34H51N3O5S. The third kappa shape index (κ3) is 8.08. The highest BCUT2D eigenvalue weighted by Crippen LogP contribution is 2.53. The second-order valence-electron chi connectivity index (χ2n) is 13.7. The number of esters is 1. The number of thioether (sulfide) groups is 1. The minimum atomic E-state index is -0.671. The number of pyridine rings is 1. The maximum atomic E-state index is 13.5. The summed E-state index contributed by atoms with van der Waals surface area (Å²) in [6, 6.07) is 1.83. The highest BCUT2D eigenvalue weighted by atomic mass is 32.2. The van der Waals surface area contributed by atoms with Gasteiger partial charge < -0.3 is 15.2 Å². The molecule has 2 aliphatic carbocycles. The van der Waals surface area contributed by atoms with Gasteiger partial charge in [-0.2, -0.15) is 0 Å². The topological polar surface area (TPSA) is 109 Å². The molecule has 9 heteroatoms. The van der Waals surface area contributed by atoms with Gasteiger partial charge in [0.25, 0.3) is 0 Å². The fourth-order valence-corrected chi connectivity index (χ4v) is 8.22. The third-order valence-corrected chi connectivity index (χ3v) is 11.6. The number of carbonyl (C=O) groups excluding carboxylic acids is 3. The predicted octanol–water partition coefficient (Wildman–Crippen LogP) is 5.89. The summed E-state index contributed by atoms with van der Waals surface area (Å²) in [6.45, 7) is 14.7. The number of amides is 1. The fourth-order valence-electron chi connectivity index (χ4n) is 7.53. The van der Waals surface area contributed by atoms with E-state index in [1.54, 1.807) is 18.5 Å². The molecule has 1 aromatic rings. The maximum absolute atomic E-state index is 13.5. The number of hydrogen-bond donors (Lipinski definition) is 2. The smallest absolute Gasteiger partial charge is 0.316 e. The lowest BCUT2D eigenvalue weighted by atomic mass is 9.60. The lowest BCUT2D eigenvalue weighted by Gasteiger charge is -2.47. The minimum absolute atomic E-state index is 0.0547. The van der Waals surface area contributed by atoms with Gasteiger partial charge in [0.05, 0.1) is 30.3 Å². The van der Waals surface area contributed by atoms with Crippen LogP contribution in [0.25, 0.3) is 0 Å². The summed E-state index contributed by atoms with van der Waals surface area (Å²) in [4.78, 5) is 46.4. The number of nitrogens with zero attached hydrogens (tertiary/aromatic N) is 2. The average molecular weight is 614 g/mol. The molecule has 0 aromatic carbocycles. The first-order valence-corrected chi connectivity index (χ1v) is 17.1. The molecule has 2 saturated carbocycles. The number of hydrogen-bond acceptors (Lipinski definition) is 8. The van der Waals surface area contributed by atoms with Crippen molar-refractivity contribution in [2.45, 2.75) is 103 Å². The Morgan fingerprint density at radius 1 is 1.16 bits per heavy atom. The van der Waals surface area contributed by atoms with E-state index in [2.05, 4.69) is 42.6 Å². The average Bonchev–Trinajstić information content (AvgIpc) is 3.44. The van der Waals surface area contributed by atoms with E-state index in [9.17, 15) is 19.5 Å². The maximum Gasteiger partial charge on any atom is 0.316 e. The van der Waals surface area contributed by atoms with Gasteiger partial charge in [0.15, 0.2) is 0 Å². The Labute approximate surface area is 261 Å². The molecule has 1 aliphatic heterocycles. The van der Waals surface area contributed by atoms with E-state index in [4.69, 9.17) is 4.74 Å². The van der Waals surface area contributed by atoms with Crippen molar-refractivity contribution < 1.29 is 24.2 Å². The normalized spacial score (nSPS) is 34.1. The third-order valence-electron chi connectivity index (χ3n) is 10.6. The summed E-state index contributed by atoms with van der Waals surface area (Å²) >= 11 is 1.31. The first-order chi connectivity index (χ1) is 20.5. The zero-order chi connectivity index (χ0) is 31.2. The number of ether oxygens (including phenoxy) is 1. The van der Waals surface area contributed by atoms with Gasteiger partial charge >= 0.3 is 5.97 Å². The van der Waals surface area contributed by atoms with Gasteiger partial charge in [0.1, 0.15) is 11.9 Å². The van der Waals surface area contributed by atoms with Crippen molar-refractivity contribution in [2.24, 2.45) is 28.6 Å². The number of aliphatic hydroxyl groups excluding tert-OH is 1. The van der Waals surface area contributed by atoms with E-state index < -0.39 is 23.0 Å². The molecule has 3 aliphatic rings. The highest BCUT2D eigenvalue weighted by molar-refractivity contribution is 8.00. The van der Waals surface area contributed by atoms with Crippen LogP contribution < -0.4 is 5.32 Å². The van der Waals surface area contributed by atoms with E-state index in [0.717, 1.165) is 56.5 Å². The molecule has 0 bridgehead atoms. The standard InChI is InChI=1S/C34H51N3O5S/c1-6-33(4)18-29(34(5,27-11-10-12-28(27)38)24(3)14-13-23(2)32(33)41)42-31(40)22-43-26-17-25(19-35-20-26)36-30(39)21-37-15-8-7-9-16-37/h6,17,19-20,23-24,27,29,32,41H,1,7-16,18,21-22H2,2-5H3,(H,36,39)/t23-,24?,27?,29-,32+,33-,34-/m1/s1. The van der Waals surface area contributed by atoms with E-state index in [1.165, 1.54) is 18.2 Å². The molecular weight excluding hydrogens is 562 g/mol. The number of anilines is 1. The zero-order valence-electron chi connectivity index (χ0n) is 26.5. The van der Waals surface area contributed by atoms with Crippen molar-refractivity contribution in [1.29, 1.82) is 0 Å². The number of nitrogens with one attached hydrogen (secondary N) is 1. The molecule has 0 radical (unpaired) electrons. The SMILES string of the molecule is C=C[C@]1(C)C[C@@H](OC(=O)CSc2cncc(NC(=O)CN3CCCCC3)c2)[C@@](C)(C2CCCC2=O)C(C)CC[C@@H](C)[C@@H]1O. The predicted molar refractivity (Wildman–Crippen MR) is 171 cm³/mol. The number of aromatic nitrogens is 1. The van der Waals surface area contributed by atoms with Crippen LogP contribution in [0.5, 0.6) is 0 Å². The van der Waals surface area contributed by atoms with Gasteiger partial charge in [0.2, 0.25) is 5.91 Å². The second kappa shape index (κ2) is 14.7. The first kappa shape index (κ1) is 33.7. The van der Waals surface area contributed by atoms with Crippen molar-refractivity contribution >= 4 is 35.1 Å². The van der Waals surface area contributed by atoms with Crippen LogP contribution in [-0.4, -0.2) is 70.2 Å². The second-order valence-corrected chi connectivity index (χ2v) is 14.7. The molecule has 238 valence electrons. The summed E-state index contributed by atoms with van der Waals surface area (Å²) < 4.78 is 6.34. The molecule has 4 rings (SSSR count). The Morgan fingerprint density at radius 2 is 1.91 bits per heavy atom. The van der Waals surface area contributed by atoms with E-state index in [-0.39, 0.29) is 41.2 Å². The number of rotatable bonds is 9. The van der Waals surface area contributed by atoms with E-state index in [0.29, 0.717) is 25.1 Å². The van der Waals surface area contributed by atoms with Crippen LogP contribution in [0.2, 0.25) is 0 Å². The van der Waals surface area contributed by atoms with Crippen molar-refractivity contribution in [2.75, 3.05) is 30.7 Å². The fraction of sp³-hybridized carbons (Fsp3) is 0.706. The molecule has 0 spiro atoms. The molecule has 7 atom stereocenters. The molecule has 3 fully saturated rings. The molecule has 43 heavy (non-hydrogen) atoms. The number of likely N-dealkylation sites (tertiary alicyclic amines) is 1. The van der Waals surface area contributed by atoms with Crippen LogP contribution in [0.4, 0.5) is 5.69 Å².